The van der Waals surface area contributed by atoms with Crippen LogP contribution in [0.4, 0.5) is 0 Å². The minimum absolute atomic E-state index is 0.000507. The van der Waals surface area contributed by atoms with Gasteiger partial charge in [0.05, 0.1) is 5.56 Å². The minimum atomic E-state index is -0.730. The summed E-state index contributed by atoms with van der Waals surface area (Å²) in [5, 5.41) is 0. The molecule has 7 heteroatoms. The third-order valence-electron chi connectivity index (χ3n) is 3.62. The summed E-state index contributed by atoms with van der Waals surface area (Å²) < 4.78 is 15.6. The SMILES string of the molecule is CCC(=O)Oc1ccc(C(=O)c2ccccc2)c(OC(=O)CC)c1OC(C)=O. The van der Waals surface area contributed by atoms with Crippen LogP contribution >= 0.6 is 0 Å². The van der Waals surface area contributed by atoms with E-state index in [0.717, 1.165) is 6.92 Å². The van der Waals surface area contributed by atoms with Crippen LogP contribution in [0.15, 0.2) is 42.5 Å². The fourth-order valence-electron chi connectivity index (χ4n) is 2.27. The van der Waals surface area contributed by atoms with Crippen molar-refractivity contribution in [1.82, 2.24) is 0 Å². The summed E-state index contributed by atoms with van der Waals surface area (Å²) in [6.45, 7) is 4.31. The second kappa shape index (κ2) is 9.45. The van der Waals surface area contributed by atoms with E-state index < -0.39 is 23.7 Å². The number of rotatable bonds is 7. The second-order valence-electron chi connectivity index (χ2n) is 5.71. The van der Waals surface area contributed by atoms with Crippen LogP contribution in [-0.2, 0) is 14.4 Å². The van der Waals surface area contributed by atoms with E-state index in [0.29, 0.717) is 5.56 Å². The lowest BCUT2D eigenvalue weighted by Crippen LogP contribution is -2.15. The van der Waals surface area contributed by atoms with E-state index in [2.05, 4.69) is 0 Å². The Balaban J connectivity index is 2.66. The maximum atomic E-state index is 12.9. The number of esters is 3. The molecule has 0 radical (unpaired) electrons. The van der Waals surface area contributed by atoms with Crippen LogP contribution < -0.4 is 14.2 Å². The van der Waals surface area contributed by atoms with Gasteiger partial charge in [-0.05, 0) is 12.1 Å². The average molecular weight is 384 g/mol. The maximum Gasteiger partial charge on any atom is 0.311 e. The molecule has 146 valence electrons. The smallest absolute Gasteiger partial charge is 0.311 e. The Morgan fingerprint density at radius 3 is 1.93 bits per heavy atom. The molecule has 0 saturated carbocycles. The van der Waals surface area contributed by atoms with Crippen LogP contribution in [0.2, 0.25) is 0 Å². The van der Waals surface area contributed by atoms with Crippen LogP contribution in [0, 0.1) is 0 Å². The zero-order valence-corrected chi connectivity index (χ0v) is 15.8. The number of carbonyl (C=O) groups excluding carboxylic acids is 4. The van der Waals surface area contributed by atoms with Gasteiger partial charge in [-0.3, -0.25) is 19.2 Å². The lowest BCUT2D eigenvalue weighted by atomic mass is 10.0. The average Bonchev–Trinajstić information content (AvgIpc) is 2.69. The first kappa shape index (κ1) is 20.8. The molecule has 0 heterocycles. The molecule has 2 aromatic carbocycles. The highest BCUT2D eigenvalue weighted by molar-refractivity contribution is 6.11. The number of ether oxygens (including phenoxy) is 3. The van der Waals surface area contributed by atoms with Crippen molar-refractivity contribution in [2.75, 3.05) is 0 Å². The molecule has 0 aliphatic rings. The molecule has 0 atom stereocenters. The summed E-state index contributed by atoms with van der Waals surface area (Å²) in [6, 6.07) is 11.0. The molecule has 0 aliphatic heterocycles. The lowest BCUT2D eigenvalue weighted by Gasteiger charge is -2.16. The zero-order chi connectivity index (χ0) is 20.7. The van der Waals surface area contributed by atoms with Gasteiger partial charge in [0.25, 0.3) is 0 Å². The van der Waals surface area contributed by atoms with Crippen LogP contribution in [-0.4, -0.2) is 23.7 Å². The number of ketones is 1. The first-order valence-electron chi connectivity index (χ1n) is 8.73. The molecular weight excluding hydrogens is 364 g/mol. The second-order valence-corrected chi connectivity index (χ2v) is 5.71. The summed E-state index contributed by atoms with van der Waals surface area (Å²) in [6.07, 6.45) is 0.103. The molecule has 2 rings (SSSR count). The summed E-state index contributed by atoms with van der Waals surface area (Å²) in [4.78, 5) is 48.2. The maximum absolute atomic E-state index is 12.9. The van der Waals surface area contributed by atoms with Gasteiger partial charge in [0.2, 0.25) is 5.75 Å². The van der Waals surface area contributed by atoms with Crippen molar-refractivity contribution < 1.29 is 33.4 Å². The quantitative estimate of drug-likeness (QED) is 0.410. The van der Waals surface area contributed by atoms with E-state index in [9.17, 15) is 19.2 Å². The topological polar surface area (TPSA) is 96.0 Å². The van der Waals surface area contributed by atoms with Gasteiger partial charge in [-0.2, -0.15) is 0 Å². The molecule has 0 spiro atoms. The molecule has 0 unspecified atom stereocenters. The molecule has 0 N–H and O–H groups in total. The van der Waals surface area contributed by atoms with Crippen LogP contribution in [0.1, 0.15) is 49.5 Å². The molecule has 0 saturated heterocycles. The van der Waals surface area contributed by atoms with Gasteiger partial charge in [0.15, 0.2) is 17.3 Å². The Hall–Kier alpha value is -3.48. The normalized spacial score (nSPS) is 10.1. The number of hydrogen-bond acceptors (Lipinski definition) is 7. The van der Waals surface area contributed by atoms with Crippen molar-refractivity contribution in [3.8, 4) is 17.2 Å². The van der Waals surface area contributed by atoms with E-state index in [4.69, 9.17) is 14.2 Å². The minimum Gasteiger partial charge on any atom is -0.422 e. The van der Waals surface area contributed by atoms with Gasteiger partial charge in [-0.1, -0.05) is 44.2 Å². The van der Waals surface area contributed by atoms with Crippen LogP contribution in [0.5, 0.6) is 17.2 Å². The predicted octanol–water partition coefficient (Wildman–Crippen LogP) is 3.47. The monoisotopic (exact) mass is 384 g/mol. The molecule has 0 aromatic heterocycles. The van der Waals surface area contributed by atoms with Gasteiger partial charge in [0, 0.05) is 25.3 Å². The van der Waals surface area contributed by atoms with Gasteiger partial charge in [0.1, 0.15) is 0 Å². The Bertz CT molecular complexity index is 900. The predicted molar refractivity (Wildman–Crippen MR) is 99.5 cm³/mol. The molecule has 0 aliphatic carbocycles. The highest BCUT2D eigenvalue weighted by atomic mass is 16.6. The van der Waals surface area contributed by atoms with Gasteiger partial charge >= 0.3 is 17.9 Å². The van der Waals surface area contributed by atoms with E-state index in [1.54, 1.807) is 44.2 Å². The standard InChI is InChI=1S/C21H20O7/c1-4-17(23)27-16-12-11-15(19(25)14-9-7-6-8-10-14)20(28-18(24)5-2)21(16)26-13(3)22/h6-12H,4-5H2,1-3H3. The van der Waals surface area contributed by atoms with Crippen molar-refractivity contribution >= 4 is 23.7 Å². The Labute approximate surface area is 162 Å². The van der Waals surface area contributed by atoms with E-state index in [1.807, 2.05) is 0 Å². The summed E-state index contributed by atoms with van der Waals surface area (Å²) >= 11 is 0. The Kier molecular flexibility index (Phi) is 7.03. The molecule has 2 aromatic rings. The van der Waals surface area contributed by atoms with E-state index in [-0.39, 0.29) is 35.7 Å². The fraction of sp³-hybridized carbons (Fsp3) is 0.238. The number of benzene rings is 2. The van der Waals surface area contributed by atoms with Crippen molar-refractivity contribution in [2.24, 2.45) is 0 Å². The van der Waals surface area contributed by atoms with Gasteiger partial charge in [-0.15, -0.1) is 0 Å². The largest absolute Gasteiger partial charge is 0.422 e. The third kappa shape index (κ3) is 5.03. The number of carbonyl (C=O) groups is 4. The van der Waals surface area contributed by atoms with Crippen LogP contribution in [0.25, 0.3) is 0 Å². The Morgan fingerprint density at radius 2 is 1.36 bits per heavy atom. The summed E-state index contributed by atoms with van der Waals surface area (Å²) in [7, 11) is 0. The third-order valence-corrected chi connectivity index (χ3v) is 3.62. The molecule has 28 heavy (non-hydrogen) atoms. The highest BCUT2D eigenvalue weighted by Gasteiger charge is 2.26. The zero-order valence-electron chi connectivity index (χ0n) is 15.8. The number of hydrogen-bond donors (Lipinski definition) is 0. The molecule has 0 fully saturated rings. The molecular formula is C21H20O7. The molecule has 0 bridgehead atoms. The molecule has 7 nitrogen and oxygen atoms in total. The van der Waals surface area contributed by atoms with Crippen molar-refractivity contribution in [1.29, 1.82) is 0 Å². The van der Waals surface area contributed by atoms with Crippen molar-refractivity contribution in [2.45, 2.75) is 33.6 Å². The molecule has 0 amide bonds. The highest BCUT2D eigenvalue weighted by Crippen LogP contribution is 2.42. The summed E-state index contributed by atoms with van der Waals surface area (Å²) in [5.41, 5.74) is 0.351. The van der Waals surface area contributed by atoms with Crippen LogP contribution in [0.3, 0.4) is 0 Å². The summed E-state index contributed by atoms with van der Waals surface area (Å²) in [5.74, 6) is -3.08. The van der Waals surface area contributed by atoms with Gasteiger partial charge in [-0.25, -0.2) is 0 Å². The first-order chi connectivity index (χ1) is 13.4. The fourth-order valence-corrected chi connectivity index (χ4v) is 2.27. The van der Waals surface area contributed by atoms with E-state index in [1.165, 1.54) is 12.1 Å². The van der Waals surface area contributed by atoms with Crippen molar-refractivity contribution in [3.05, 3.63) is 53.6 Å². The Morgan fingerprint density at radius 1 is 0.750 bits per heavy atom. The van der Waals surface area contributed by atoms with Gasteiger partial charge < -0.3 is 14.2 Å². The lowest BCUT2D eigenvalue weighted by molar-refractivity contribution is -0.136. The first-order valence-corrected chi connectivity index (χ1v) is 8.73. The van der Waals surface area contributed by atoms with Crippen molar-refractivity contribution in [3.63, 3.8) is 0 Å². The van der Waals surface area contributed by atoms with E-state index >= 15 is 0 Å².